The van der Waals surface area contributed by atoms with Crippen LogP contribution in [0.3, 0.4) is 0 Å². The van der Waals surface area contributed by atoms with Gasteiger partial charge in [0.1, 0.15) is 23.8 Å². The number of benzene rings is 2. The molecule has 32 heavy (non-hydrogen) atoms. The number of carbonyl (C=O) groups excluding carboxylic acids is 1. The molecule has 162 valence electrons. The van der Waals surface area contributed by atoms with Gasteiger partial charge in [-0.05, 0) is 30.3 Å². The van der Waals surface area contributed by atoms with Crippen LogP contribution in [0.1, 0.15) is 5.56 Å². The zero-order valence-corrected chi connectivity index (χ0v) is 17.3. The van der Waals surface area contributed by atoms with Gasteiger partial charge in [0.15, 0.2) is 11.6 Å². The van der Waals surface area contributed by atoms with Crippen molar-refractivity contribution in [1.29, 1.82) is 5.41 Å². The van der Waals surface area contributed by atoms with Gasteiger partial charge in [0, 0.05) is 30.4 Å². The van der Waals surface area contributed by atoms with Gasteiger partial charge in [-0.1, -0.05) is 12.1 Å². The molecule has 1 saturated heterocycles. The second-order valence-electron chi connectivity index (χ2n) is 7.55. The Morgan fingerprint density at radius 2 is 2.03 bits per heavy atom. The summed E-state index contributed by atoms with van der Waals surface area (Å²) < 4.78 is 6.74. The van der Waals surface area contributed by atoms with Crippen molar-refractivity contribution < 1.29 is 14.6 Å². The highest BCUT2D eigenvalue weighted by atomic mass is 16.5. The molecule has 5 rings (SSSR count). The molecule has 3 heterocycles. The predicted octanol–water partition coefficient (Wildman–Crippen LogP) is 1.98. The van der Waals surface area contributed by atoms with Crippen molar-refractivity contribution in [2.24, 2.45) is 12.8 Å². The Morgan fingerprint density at radius 1 is 1.25 bits per heavy atom. The molecule has 0 aliphatic carbocycles. The van der Waals surface area contributed by atoms with Crippen molar-refractivity contribution in [2.45, 2.75) is 0 Å². The number of carbonyl (C=O) groups is 1. The highest BCUT2D eigenvalue weighted by Crippen LogP contribution is 2.37. The van der Waals surface area contributed by atoms with E-state index in [1.807, 2.05) is 24.3 Å². The molecule has 1 amide bonds. The number of ether oxygens (including phenoxy) is 1. The number of aromatic amines is 1. The fourth-order valence-corrected chi connectivity index (χ4v) is 3.85. The molecule has 5 N–H and O–H groups in total. The average Bonchev–Trinajstić information content (AvgIpc) is 3.33. The van der Waals surface area contributed by atoms with E-state index in [1.54, 1.807) is 34.8 Å². The van der Waals surface area contributed by atoms with Gasteiger partial charge in [-0.15, -0.1) is 0 Å². The lowest BCUT2D eigenvalue weighted by Gasteiger charge is -2.26. The maximum absolute atomic E-state index is 12.1. The standard InChI is InChI=1S/C22H21N7O3/c1-28-19(22-25-15-7-4-13(21(23)24)10-16(15)26-22)20(31)18(27-28)12-2-5-14(6-3-12)29-8-9-32-11-17(29)30/h2-7,10,31H,8-9,11H2,1H3,(H3,23,24)(H,25,26). The third kappa shape index (κ3) is 3.26. The second-order valence-corrected chi connectivity index (χ2v) is 7.55. The maximum Gasteiger partial charge on any atom is 0.253 e. The van der Waals surface area contributed by atoms with Crippen molar-refractivity contribution in [1.82, 2.24) is 19.7 Å². The summed E-state index contributed by atoms with van der Waals surface area (Å²) in [5, 5.41) is 23.0. The number of nitrogens with two attached hydrogens (primary N) is 1. The molecule has 4 aromatic rings. The fraction of sp³-hybridized carbons (Fsp3) is 0.182. The number of aromatic nitrogens is 4. The fourth-order valence-electron chi connectivity index (χ4n) is 3.85. The Morgan fingerprint density at radius 3 is 2.75 bits per heavy atom. The number of hydrogen-bond acceptors (Lipinski definition) is 6. The zero-order valence-electron chi connectivity index (χ0n) is 17.3. The van der Waals surface area contributed by atoms with Gasteiger partial charge < -0.3 is 25.5 Å². The summed E-state index contributed by atoms with van der Waals surface area (Å²) in [6.45, 7) is 1.09. The summed E-state index contributed by atoms with van der Waals surface area (Å²) >= 11 is 0. The predicted molar refractivity (Wildman–Crippen MR) is 120 cm³/mol. The number of amidine groups is 1. The van der Waals surface area contributed by atoms with E-state index in [-0.39, 0.29) is 24.1 Å². The highest BCUT2D eigenvalue weighted by Gasteiger charge is 2.23. The van der Waals surface area contributed by atoms with Crippen LogP contribution in [0.5, 0.6) is 5.75 Å². The minimum atomic E-state index is -0.0789. The average molecular weight is 431 g/mol. The molecule has 0 bridgehead atoms. The summed E-state index contributed by atoms with van der Waals surface area (Å²) in [7, 11) is 1.73. The molecular weight excluding hydrogens is 410 g/mol. The number of nitrogens with zero attached hydrogens (tertiary/aromatic N) is 4. The van der Waals surface area contributed by atoms with E-state index in [2.05, 4.69) is 15.1 Å². The smallest absolute Gasteiger partial charge is 0.253 e. The van der Waals surface area contributed by atoms with Crippen molar-refractivity contribution in [3.63, 3.8) is 0 Å². The molecule has 10 nitrogen and oxygen atoms in total. The number of rotatable bonds is 4. The molecule has 0 unspecified atom stereocenters. The van der Waals surface area contributed by atoms with Crippen molar-refractivity contribution in [2.75, 3.05) is 24.7 Å². The Kier molecular flexibility index (Phi) is 4.63. The first-order chi connectivity index (χ1) is 15.4. The topological polar surface area (TPSA) is 146 Å². The molecule has 2 aromatic heterocycles. The third-order valence-corrected chi connectivity index (χ3v) is 5.48. The number of aromatic hydroxyl groups is 1. The van der Waals surface area contributed by atoms with Crippen molar-refractivity contribution in [3.8, 4) is 28.5 Å². The SMILES string of the molecule is Cn1nc(-c2ccc(N3CCOCC3=O)cc2)c(O)c1-c1nc2ccc(C(=N)N)cc2[nH]1. The van der Waals surface area contributed by atoms with E-state index in [9.17, 15) is 9.90 Å². The van der Waals surface area contributed by atoms with Gasteiger partial charge in [-0.2, -0.15) is 5.10 Å². The van der Waals surface area contributed by atoms with E-state index in [4.69, 9.17) is 15.9 Å². The van der Waals surface area contributed by atoms with E-state index in [1.165, 1.54) is 0 Å². The van der Waals surface area contributed by atoms with Crippen LogP contribution in [0, 0.1) is 5.41 Å². The van der Waals surface area contributed by atoms with Gasteiger partial charge in [-0.3, -0.25) is 14.9 Å². The number of H-pyrrole nitrogens is 1. The van der Waals surface area contributed by atoms with Gasteiger partial charge in [0.05, 0.1) is 17.6 Å². The molecule has 0 saturated carbocycles. The molecule has 0 spiro atoms. The number of amides is 1. The number of imidazole rings is 1. The van der Waals surface area contributed by atoms with E-state index in [0.717, 1.165) is 5.69 Å². The number of anilines is 1. The second kappa shape index (κ2) is 7.50. The van der Waals surface area contributed by atoms with Crippen LogP contribution in [0.4, 0.5) is 5.69 Å². The monoisotopic (exact) mass is 431 g/mol. The molecular formula is C22H21N7O3. The number of aryl methyl sites for hydroxylation is 1. The normalized spacial score (nSPS) is 14.3. The first kappa shape index (κ1) is 19.8. The van der Waals surface area contributed by atoms with E-state index >= 15 is 0 Å². The molecule has 2 aromatic carbocycles. The lowest BCUT2D eigenvalue weighted by atomic mass is 10.1. The van der Waals surface area contributed by atoms with Crippen LogP contribution in [0.2, 0.25) is 0 Å². The summed E-state index contributed by atoms with van der Waals surface area (Å²) in [5.41, 5.74) is 9.88. The molecule has 1 aliphatic rings. The van der Waals surface area contributed by atoms with Crippen LogP contribution in [0.15, 0.2) is 42.5 Å². The number of nitrogens with one attached hydrogen (secondary N) is 2. The van der Waals surface area contributed by atoms with Gasteiger partial charge >= 0.3 is 0 Å². The lowest BCUT2D eigenvalue weighted by molar-refractivity contribution is -0.125. The van der Waals surface area contributed by atoms with Crippen LogP contribution in [0.25, 0.3) is 33.8 Å². The number of fused-ring (bicyclic) bond motifs is 1. The largest absolute Gasteiger partial charge is 0.504 e. The van der Waals surface area contributed by atoms with Gasteiger partial charge in [-0.25, -0.2) is 4.98 Å². The lowest BCUT2D eigenvalue weighted by Crippen LogP contribution is -2.41. The number of hydrogen-bond donors (Lipinski definition) is 4. The first-order valence-electron chi connectivity index (χ1n) is 10.0. The quantitative estimate of drug-likeness (QED) is 0.287. The Hall–Kier alpha value is -4.18. The molecule has 10 heteroatoms. The van der Waals surface area contributed by atoms with Gasteiger partial charge in [0.25, 0.3) is 5.91 Å². The van der Waals surface area contributed by atoms with Crippen LogP contribution >= 0.6 is 0 Å². The van der Waals surface area contributed by atoms with Crippen LogP contribution in [-0.4, -0.2) is 56.4 Å². The summed E-state index contributed by atoms with van der Waals surface area (Å²) in [4.78, 5) is 21.5. The number of morpholine rings is 1. The maximum atomic E-state index is 12.1. The summed E-state index contributed by atoms with van der Waals surface area (Å²) in [6, 6.07) is 12.5. The third-order valence-electron chi connectivity index (χ3n) is 5.48. The minimum Gasteiger partial charge on any atom is -0.504 e. The van der Waals surface area contributed by atoms with E-state index < -0.39 is 0 Å². The first-order valence-corrected chi connectivity index (χ1v) is 10.0. The molecule has 0 atom stereocenters. The summed E-state index contributed by atoms with van der Waals surface area (Å²) in [6.07, 6.45) is 0. The Balaban J connectivity index is 1.50. The molecule has 1 aliphatic heterocycles. The van der Waals surface area contributed by atoms with Crippen LogP contribution in [-0.2, 0) is 16.6 Å². The van der Waals surface area contributed by atoms with Crippen molar-refractivity contribution >= 4 is 28.5 Å². The van der Waals surface area contributed by atoms with Crippen molar-refractivity contribution in [3.05, 3.63) is 48.0 Å². The number of nitrogen functional groups attached to an aromatic ring is 1. The highest BCUT2D eigenvalue weighted by molar-refractivity contribution is 5.98. The van der Waals surface area contributed by atoms with E-state index in [0.29, 0.717) is 52.5 Å². The Labute approximate surface area is 182 Å². The van der Waals surface area contributed by atoms with Crippen LogP contribution < -0.4 is 10.6 Å². The minimum absolute atomic E-state index is 0.00598. The Bertz CT molecular complexity index is 1350. The summed E-state index contributed by atoms with van der Waals surface area (Å²) in [5.74, 6) is 0.337. The molecule has 0 radical (unpaired) electrons. The molecule has 1 fully saturated rings. The van der Waals surface area contributed by atoms with Gasteiger partial charge in [0.2, 0.25) is 0 Å². The zero-order chi connectivity index (χ0) is 22.4.